The number of nitrogens with zero attached hydrogens (tertiary/aromatic N) is 4. The van der Waals surface area contributed by atoms with Gasteiger partial charge in [0.1, 0.15) is 18.5 Å². The zero-order chi connectivity index (χ0) is 24.6. The maximum Gasteiger partial charge on any atom is 0.410 e. The smallest absolute Gasteiger partial charge is 0.410 e. The zero-order valence-corrected chi connectivity index (χ0v) is 21.7. The van der Waals surface area contributed by atoms with E-state index in [2.05, 4.69) is 44.6 Å². The molecule has 3 heterocycles. The van der Waals surface area contributed by atoms with Crippen LogP contribution in [0.4, 0.5) is 4.79 Å². The number of carbonyl (C=O) groups excluding carboxylic acids is 1. The lowest BCUT2D eigenvalue weighted by Gasteiger charge is -2.32. The Morgan fingerprint density at radius 1 is 0.971 bits per heavy atom. The first-order chi connectivity index (χ1) is 17.0. The Bertz CT molecular complexity index is 946. The van der Waals surface area contributed by atoms with Crippen molar-refractivity contribution in [3.63, 3.8) is 0 Å². The summed E-state index contributed by atoms with van der Waals surface area (Å²) in [5, 5.41) is 0. The number of benzene rings is 1. The second kappa shape index (κ2) is 12.4. The molecule has 0 radical (unpaired) electrons. The minimum atomic E-state index is -0.253. The Balaban J connectivity index is 1.23. The fourth-order valence-corrected chi connectivity index (χ4v) is 5.22. The maximum absolute atomic E-state index is 12.1. The summed E-state index contributed by atoms with van der Waals surface area (Å²) in [6.07, 6.45) is 4.70. The van der Waals surface area contributed by atoms with Crippen LogP contribution in [-0.4, -0.2) is 69.8 Å². The Kier molecular flexibility index (Phi) is 9.09. The highest BCUT2D eigenvalue weighted by Gasteiger charge is 2.27. The van der Waals surface area contributed by atoms with Crippen LogP contribution in [0.5, 0.6) is 11.8 Å². The second-order valence-corrected chi connectivity index (χ2v) is 10.4. The molecule has 0 unspecified atom stereocenters. The van der Waals surface area contributed by atoms with Gasteiger partial charge in [-0.1, -0.05) is 42.3 Å². The molecule has 1 aromatic carbocycles. The number of carbonyl (C=O) groups is 1. The fourth-order valence-electron chi connectivity index (χ4n) is 4.22. The van der Waals surface area contributed by atoms with Gasteiger partial charge in [0.05, 0.1) is 11.7 Å². The average molecular weight is 501 g/mol. The molecule has 1 amide bonds. The standard InChI is InChI=1S/C26H36N4O4S/c1-19(2)32-26(31)29-13-9-22(10-14-29)33-24-20(3)25(28-18-27-24)34-23-11-15-30(16-12-23)35-17-21-7-5-4-6-8-21/h4-8,18-19,22-23H,9-17H2,1-3H3. The Labute approximate surface area is 212 Å². The van der Waals surface area contributed by atoms with Crippen LogP contribution in [0.2, 0.25) is 0 Å². The van der Waals surface area contributed by atoms with Crippen molar-refractivity contribution in [2.75, 3.05) is 26.2 Å². The molecule has 2 saturated heterocycles. The molecule has 190 valence electrons. The van der Waals surface area contributed by atoms with E-state index >= 15 is 0 Å². The second-order valence-electron chi connectivity index (χ2n) is 9.35. The third-order valence-electron chi connectivity index (χ3n) is 6.24. The number of amides is 1. The molecule has 1 aromatic heterocycles. The van der Waals surface area contributed by atoms with Gasteiger partial charge in [-0.15, -0.1) is 0 Å². The number of hydrogen-bond donors (Lipinski definition) is 0. The molecule has 35 heavy (non-hydrogen) atoms. The van der Waals surface area contributed by atoms with E-state index in [-0.39, 0.29) is 24.4 Å². The predicted molar refractivity (Wildman–Crippen MR) is 137 cm³/mol. The first-order valence-electron chi connectivity index (χ1n) is 12.5. The van der Waals surface area contributed by atoms with Crippen LogP contribution in [-0.2, 0) is 10.5 Å². The van der Waals surface area contributed by atoms with Gasteiger partial charge >= 0.3 is 6.09 Å². The van der Waals surface area contributed by atoms with Crippen molar-refractivity contribution in [3.8, 4) is 11.8 Å². The molecule has 8 nitrogen and oxygen atoms in total. The molecule has 4 rings (SSSR count). The van der Waals surface area contributed by atoms with Gasteiger partial charge in [-0.25, -0.2) is 14.8 Å². The molecule has 0 saturated carbocycles. The highest BCUT2D eigenvalue weighted by molar-refractivity contribution is 7.96. The number of hydrogen-bond acceptors (Lipinski definition) is 8. The summed E-state index contributed by atoms with van der Waals surface area (Å²) in [5.74, 6) is 2.16. The number of piperidine rings is 2. The first kappa shape index (κ1) is 25.6. The summed E-state index contributed by atoms with van der Waals surface area (Å²) in [6.45, 7) is 8.89. The number of ether oxygens (including phenoxy) is 3. The van der Waals surface area contributed by atoms with E-state index in [1.165, 1.54) is 11.9 Å². The molecule has 0 aliphatic carbocycles. The Morgan fingerprint density at radius 2 is 1.54 bits per heavy atom. The van der Waals surface area contributed by atoms with E-state index in [0.717, 1.165) is 50.1 Å². The lowest BCUT2D eigenvalue weighted by Crippen LogP contribution is -2.42. The normalized spacial score (nSPS) is 18.0. The van der Waals surface area contributed by atoms with Crippen molar-refractivity contribution in [3.05, 3.63) is 47.8 Å². The van der Waals surface area contributed by atoms with Crippen LogP contribution in [0, 0.1) is 6.92 Å². The van der Waals surface area contributed by atoms with Gasteiger partial charge in [-0.3, -0.25) is 4.31 Å². The molecule has 0 bridgehead atoms. The Morgan fingerprint density at radius 3 is 2.11 bits per heavy atom. The van der Waals surface area contributed by atoms with E-state index in [1.807, 2.05) is 32.7 Å². The molecule has 2 fully saturated rings. The molecule has 0 atom stereocenters. The minimum Gasteiger partial charge on any atom is -0.474 e. The number of rotatable bonds is 8. The SMILES string of the molecule is Cc1c(OC2CCN(SCc3ccccc3)CC2)ncnc1OC1CCN(C(=O)OC(C)C)CC1. The summed E-state index contributed by atoms with van der Waals surface area (Å²) in [6, 6.07) is 10.6. The van der Waals surface area contributed by atoms with Crippen molar-refractivity contribution in [1.82, 2.24) is 19.2 Å². The van der Waals surface area contributed by atoms with Crippen LogP contribution < -0.4 is 9.47 Å². The summed E-state index contributed by atoms with van der Waals surface area (Å²) in [4.78, 5) is 22.6. The van der Waals surface area contributed by atoms with Gasteiger partial charge in [0.15, 0.2) is 0 Å². The maximum atomic E-state index is 12.1. The summed E-state index contributed by atoms with van der Waals surface area (Å²) >= 11 is 1.89. The molecule has 2 aromatic rings. The highest BCUT2D eigenvalue weighted by atomic mass is 32.2. The molecule has 2 aliphatic heterocycles. The van der Waals surface area contributed by atoms with Crippen LogP contribution in [0.15, 0.2) is 36.7 Å². The van der Waals surface area contributed by atoms with Gasteiger partial charge in [-0.05, 0) is 39.2 Å². The molecule has 9 heteroatoms. The summed E-state index contributed by atoms with van der Waals surface area (Å²) in [7, 11) is 0. The average Bonchev–Trinajstić information content (AvgIpc) is 2.87. The highest BCUT2D eigenvalue weighted by Crippen LogP contribution is 2.29. The molecular weight excluding hydrogens is 464 g/mol. The van der Waals surface area contributed by atoms with E-state index in [0.29, 0.717) is 24.8 Å². The zero-order valence-electron chi connectivity index (χ0n) is 20.9. The monoisotopic (exact) mass is 500 g/mol. The predicted octanol–water partition coefficient (Wildman–Crippen LogP) is 4.86. The van der Waals surface area contributed by atoms with Crippen LogP contribution in [0.1, 0.15) is 50.7 Å². The van der Waals surface area contributed by atoms with Crippen molar-refractivity contribution in [2.45, 2.75) is 70.5 Å². The van der Waals surface area contributed by atoms with Crippen molar-refractivity contribution in [2.24, 2.45) is 0 Å². The molecular formula is C26H36N4O4S. The van der Waals surface area contributed by atoms with E-state index in [9.17, 15) is 4.79 Å². The lowest BCUT2D eigenvalue weighted by molar-refractivity contribution is 0.0503. The van der Waals surface area contributed by atoms with Gasteiger partial charge in [-0.2, -0.15) is 0 Å². The lowest BCUT2D eigenvalue weighted by atomic mass is 10.1. The molecule has 0 N–H and O–H groups in total. The van der Waals surface area contributed by atoms with Crippen molar-refractivity contribution >= 4 is 18.0 Å². The topological polar surface area (TPSA) is 77.0 Å². The van der Waals surface area contributed by atoms with Gasteiger partial charge in [0.25, 0.3) is 0 Å². The summed E-state index contributed by atoms with van der Waals surface area (Å²) < 4.78 is 20.2. The minimum absolute atomic E-state index is 0.00410. The van der Waals surface area contributed by atoms with Crippen molar-refractivity contribution < 1.29 is 19.0 Å². The number of aromatic nitrogens is 2. The van der Waals surface area contributed by atoms with E-state index in [4.69, 9.17) is 14.2 Å². The third kappa shape index (κ3) is 7.48. The summed E-state index contributed by atoms with van der Waals surface area (Å²) in [5.41, 5.74) is 2.18. The van der Waals surface area contributed by atoms with Crippen LogP contribution >= 0.6 is 11.9 Å². The first-order valence-corrected chi connectivity index (χ1v) is 13.4. The third-order valence-corrected chi connectivity index (χ3v) is 7.44. The van der Waals surface area contributed by atoms with Crippen LogP contribution in [0.25, 0.3) is 0 Å². The van der Waals surface area contributed by atoms with Gasteiger partial charge < -0.3 is 19.1 Å². The van der Waals surface area contributed by atoms with E-state index < -0.39 is 0 Å². The fraction of sp³-hybridized carbons (Fsp3) is 0.577. The molecule has 2 aliphatic rings. The van der Waals surface area contributed by atoms with Gasteiger partial charge in [0.2, 0.25) is 11.8 Å². The quantitative estimate of drug-likeness (QED) is 0.476. The Hall–Kier alpha value is -2.52. The number of likely N-dealkylation sites (tertiary alicyclic amines) is 1. The van der Waals surface area contributed by atoms with E-state index in [1.54, 1.807) is 4.90 Å². The van der Waals surface area contributed by atoms with Crippen LogP contribution in [0.3, 0.4) is 0 Å². The molecule has 0 spiro atoms. The van der Waals surface area contributed by atoms with Gasteiger partial charge in [0, 0.05) is 44.8 Å². The van der Waals surface area contributed by atoms with Crippen molar-refractivity contribution in [1.29, 1.82) is 0 Å². The largest absolute Gasteiger partial charge is 0.474 e.